The summed E-state index contributed by atoms with van der Waals surface area (Å²) in [5, 5.41) is 9.21. The zero-order valence-electron chi connectivity index (χ0n) is 19.0. The van der Waals surface area contributed by atoms with Crippen LogP contribution < -0.4 is 0 Å². The Morgan fingerprint density at radius 2 is 1.68 bits per heavy atom. The van der Waals surface area contributed by atoms with Gasteiger partial charge in [-0.25, -0.2) is 25.6 Å². The van der Waals surface area contributed by atoms with E-state index in [0.717, 1.165) is 18.2 Å². The highest BCUT2D eigenvalue weighted by Crippen LogP contribution is 2.54. The lowest BCUT2D eigenvalue weighted by Crippen LogP contribution is -2.60. The molecule has 15 heteroatoms. The number of halogens is 6. The fourth-order valence-corrected chi connectivity index (χ4v) is 7.75. The number of sulfonamides is 1. The largest absolute Gasteiger partial charge is 0.511 e. The first-order valence-corrected chi connectivity index (χ1v) is 14.0. The van der Waals surface area contributed by atoms with Crippen molar-refractivity contribution in [2.75, 3.05) is 6.54 Å². The second kappa shape index (κ2) is 10.1. The fraction of sp³-hybridized carbons (Fsp3) is 0.409. The summed E-state index contributed by atoms with van der Waals surface area (Å²) in [6.45, 7) is 0.279. The SMILES string of the molecule is CC(CCN(C1CC(c2cc(F)ccc2F)(S(=O)(=O)c2ccc(Cl)cc2)C1)S(=O)(=O)C(F)(F)F)C(=O)O. The highest BCUT2D eigenvalue weighted by atomic mass is 35.5. The summed E-state index contributed by atoms with van der Waals surface area (Å²) in [6.07, 6.45) is -2.18. The van der Waals surface area contributed by atoms with E-state index in [9.17, 15) is 43.6 Å². The first kappa shape index (κ1) is 29.3. The number of alkyl halides is 3. The summed E-state index contributed by atoms with van der Waals surface area (Å²) in [5.41, 5.74) is -6.43. The molecule has 0 amide bonds. The Kier molecular flexibility index (Phi) is 8.00. The second-order valence-corrected chi connectivity index (χ2v) is 13.3. The molecule has 37 heavy (non-hydrogen) atoms. The first-order valence-electron chi connectivity index (χ1n) is 10.7. The third-order valence-corrected chi connectivity index (χ3v) is 10.8. The number of sulfone groups is 1. The van der Waals surface area contributed by atoms with Crippen molar-refractivity contribution < 1.29 is 48.7 Å². The summed E-state index contributed by atoms with van der Waals surface area (Å²) in [4.78, 5) is 10.7. The van der Waals surface area contributed by atoms with Gasteiger partial charge in [0.15, 0.2) is 9.84 Å². The summed E-state index contributed by atoms with van der Waals surface area (Å²) in [5.74, 6) is -4.75. The molecule has 7 nitrogen and oxygen atoms in total. The van der Waals surface area contributed by atoms with Gasteiger partial charge in [0.1, 0.15) is 16.4 Å². The number of hydrogen-bond acceptors (Lipinski definition) is 5. The molecule has 0 bridgehead atoms. The minimum Gasteiger partial charge on any atom is -0.481 e. The van der Waals surface area contributed by atoms with Crippen LogP contribution in [0.5, 0.6) is 0 Å². The number of aliphatic carboxylic acids is 1. The molecule has 1 unspecified atom stereocenters. The van der Waals surface area contributed by atoms with Crippen LogP contribution in [0.3, 0.4) is 0 Å². The van der Waals surface area contributed by atoms with E-state index < -0.39 is 91.1 Å². The molecule has 1 saturated carbocycles. The molecule has 1 N–H and O–H groups in total. The van der Waals surface area contributed by atoms with Crippen LogP contribution in [0.15, 0.2) is 47.4 Å². The zero-order chi connectivity index (χ0) is 28.0. The second-order valence-electron chi connectivity index (χ2n) is 8.73. The van der Waals surface area contributed by atoms with E-state index in [1.807, 2.05) is 0 Å². The monoisotopic (exact) mass is 589 g/mol. The molecule has 1 aliphatic rings. The van der Waals surface area contributed by atoms with Crippen molar-refractivity contribution in [2.45, 2.75) is 47.4 Å². The van der Waals surface area contributed by atoms with Gasteiger partial charge in [0, 0.05) is 23.2 Å². The molecule has 0 spiro atoms. The van der Waals surface area contributed by atoms with Gasteiger partial charge in [0.25, 0.3) is 0 Å². The first-order chi connectivity index (χ1) is 16.9. The molecule has 2 aromatic carbocycles. The predicted octanol–water partition coefficient (Wildman–Crippen LogP) is 4.71. The van der Waals surface area contributed by atoms with Crippen molar-refractivity contribution in [3.63, 3.8) is 0 Å². The van der Waals surface area contributed by atoms with Crippen molar-refractivity contribution in [1.82, 2.24) is 4.31 Å². The number of carbonyl (C=O) groups is 1. The third-order valence-electron chi connectivity index (χ3n) is 6.40. The minimum atomic E-state index is -6.03. The van der Waals surface area contributed by atoms with Crippen LogP contribution in [0.2, 0.25) is 5.02 Å². The van der Waals surface area contributed by atoms with E-state index in [0.29, 0.717) is 12.1 Å². The molecule has 2 aromatic rings. The Morgan fingerprint density at radius 1 is 1.11 bits per heavy atom. The topological polar surface area (TPSA) is 109 Å². The predicted molar refractivity (Wildman–Crippen MR) is 123 cm³/mol. The highest BCUT2D eigenvalue weighted by molar-refractivity contribution is 7.92. The maximum Gasteiger partial charge on any atom is 0.511 e. The van der Waals surface area contributed by atoms with E-state index >= 15 is 0 Å². The lowest BCUT2D eigenvalue weighted by Gasteiger charge is -2.50. The summed E-state index contributed by atoms with van der Waals surface area (Å²) >= 11 is 5.80. The van der Waals surface area contributed by atoms with E-state index in [1.165, 1.54) is 19.1 Å². The summed E-state index contributed by atoms with van der Waals surface area (Å²) in [6, 6.07) is 5.00. The molecular weight excluding hydrogens is 569 g/mol. The van der Waals surface area contributed by atoms with Crippen molar-refractivity contribution in [1.29, 1.82) is 0 Å². The molecule has 0 saturated heterocycles. The molecule has 0 radical (unpaired) electrons. The molecule has 3 rings (SSSR count). The molecule has 1 aliphatic carbocycles. The molecule has 204 valence electrons. The van der Waals surface area contributed by atoms with Gasteiger partial charge in [0.05, 0.1) is 10.8 Å². The summed E-state index contributed by atoms with van der Waals surface area (Å²) in [7, 11) is -10.7. The van der Waals surface area contributed by atoms with Gasteiger partial charge in [-0.1, -0.05) is 18.5 Å². The third kappa shape index (κ3) is 5.33. The zero-order valence-corrected chi connectivity index (χ0v) is 21.4. The van der Waals surface area contributed by atoms with Gasteiger partial charge in [-0.3, -0.25) is 4.79 Å². The van der Waals surface area contributed by atoms with Crippen molar-refractivity contribution in [3.05, 3.63) is 64.7 Å². The van der Waals surface area contributed by atoms with Gasteiger partial charge in [-0.2, -0.15) is 17.5 Å². The van der Waals surface area contributed by atoms with E-state index in [-0.39, 0.29) is 14.2 Å². The maximum atomic E-state index is 14.9. The number of nitrogens with zero attached hydrogens (tertiary/aromatic N) is 1. The molecular formula is C22H21ClF5NO6S2. The quantitative estimate of drug-likeness (QED) is 0.424. The Hall–Kier alpha value is -2.29. The number of carboxylic acids is 1. The number of hydrogen-bond donors (Lipinski definition) is 1. The van der Waals surface area contributed by atoms with E-state index in [2.05, 4.69) is 0 Å². The molecule has 1 atom stereocenters. The van der Waals surface area contributed by atoms with Crippen molar-refractivity contribution in [3.8, 4) is 0 Å². The van der Waals surface area contributed by atoms with Crippen molar-refractivity contribution in [2.24, 2.45) is 5.92 Å². The molecule has 0 aromatic heterocycles. The lowest BCUT2D eigenvalue weighted by atomic mass is 9.74. The Balaban J connectivity index is 2.11. The van der Waals surface area contributed by atoms with Crippen LogP contribution in [0, 0.1) is 17.6 Å². The van der Waals surface area contributed by atoms with Crippen LogP contribution in [0.4, 0.5) is 22.0 Å². The van der Waals surface area contributed by atoms with Crippen molar-refractivity contribution >= 4 is 37.4 Å². The molecule has 1 fully saturated rings. The van der Waals surface area contributed by atoms with Gasteiger partial charge in [-0.05, 0) is 61.7 Å². The summed E-state index contributed by atoms with van der Waals surface area (Å²) < 4.78 is 119. The van der Waals surface area contributed by atoms with Crippen LogP contribution >= 0.6 is 11.6 Å². The Bertz CT molecular complexity index is 1390. The Morgan fingerprint density at radius 3 is 2.19 bits per heavy atom. The maximum absolute atomic E-state index is 14.9. The van der Waals surface area contributed by atoms with Gasteiger partial charge in [0.2, 0.25) is 0 Å². The van der Waals surface area contributed by atoms with Gasteiger partial charge >= 0.3 is 21.5 Å². The molecule has 0 aliphatic heterocycles. The normalized spacial score (nSPS) is 21.5. The standard InChI is InChI=1S/C22H21ClF5NO6S2/c1-13(20(30)31)8-9-29(37(34,35)22(26,27)28)16-11-21(12-16,18-10-15(24)4-7-19(18)25)36(32,33)17-5-2-14(23)3-6-17/h2-7,10,13,16H,8-9,11-12H2,1H3,(H,30,31). The van der Waals surface area contributed by atoms with Crippen LogP contribution in [0.1, 0.15) is 31.7 Å². The smallest absolute Gasteiger partial charge is 0.481 e. The molecule has 0 heterocycles. The number of rotatable bonds is 9. The van der Waals surface area contributed by atoms with Crippen LogP contribution in [-0.4, -0.2) is 50.3 Å². The van der Waals surface area contributed by atoms with Crippen LogP contribution in [-0.2, 0) is 29.4 Å². The van der Waals surface area contributed by atoms with Crippen LogP contribution in [0.25, 0.3) is 0 Å². The average molecular weight is 590 g/mol. The number of benzene rings is 2. The Labute approximate surface area is 214 Å². The highest BCUT2D eigenvalue weighted by Gasteiger charge is 2.62. The minimum absolute atomic E-state index is 0.000721. The van der Waals surface area contributed by atoms with Gasteiger partial charge < -0.3 is 5.11 Å². The lowest BCUT2D eigenvalue weighted by molar-refractivity contribution is -0.141. The van der Waals surface area contributed by atoms with E-state index in [1.54, 1.807) is 0 Å². The number of carboxylic acid groups (broad SMARTS) is 1. The fourth-order valence-electron chi connectivity index (χ4n) is 4.25. The van der Waals surface area contributed by atoms with E-state index in [4.69, 9.17) is 16.7 Å². The van der Waals surface area contributed by atoms with Gasteiger partial charge in [-0.15, -0.1) is 0 Å². The average Bonchev–Trinajstić information content (AvgIpc) is 2.76.